The van der Waals surface area contributed by atoms with E-state index in [1.165, 1.54) is 44.2 Å². The van der Waals surface area contributed by atoms with Crippen molar-refractivity contribution in [3.8, 4) is 5.75 Å². The van der Waals surface area contributed by atoms with Gasteiger partial charge in [-0.15, -0.1) is 0 Å². The normalized spacial score (nSPS) is 16.7. The van der Waals surface area contributed by atoms with Crippen LogP contribution in [0.3, 0.4) is 0 Å². The number of para-hydroxylation sites is 2. The molecule has 3 nitrogen and oxygen atoms in total. The van der Waals surface area contributed by atoms with Crippen molar-refractivity contribution >= 4 is 5.69 Å². The fraction of sp³-hybridized carbons (Fsp3) is 0.647. The van der Waals surface area contributed by atoms with Gasteiger partial charge in [0, 0.05) is 12.6 Å². The Balaban J connectivity index is 2.20. The highest BCUT2D eigenvalue weighted by atomic mass is 16.5. The second kappa shape index (κ2) is 8.15. The van der Waals surface area contributed by atoms with Crippen LogP contribution < -0.4 is 15.4 Å². The summed E-state index contributed by atoms with van der Waals surface area (Å²) in [6, 6.07) is 9.02. The quantitative estimate of drug-likeness (QED) is 0.807. The molecule has 1 aliphatic carbocycles. The lowest BCUT2D eigenvalue weighted by Gasteiger charge is -2.34. The van der Waals surface area contributed by atoms with Gasteiger partial charge in [-0.25, -0.2) is 0 Å². The number of anilines is 1. The summed E-state index contributed by atoms with van der Waals surface area (Å²) in [6.45, 7) is 1.78. The highest BCUT2D eigenvalue weighted by Gasteiger charge is 2.22. The van der Waals surface area contributed by atoms with Crippen LogP contribution in [-0.2, 0) is 0 Å². The average Bonchev–Trinajstić information content (AvgIpc) is 2.77. The van der Waals surface area contributed by atoms with Gasteiger partial charge in [-0.1, -0.05) is 37.8 Å². The summed E-state index contributed by atoms with van der Waals surface area (Å²) in [7, 11) is 1.76. The number of ether oxygens (including phenoxy) is 1. The van der Waals surface area contributed by atoms with Crippen molar-refractivity contribution < 1.29 is 4.74 Å². The van der Waals surface area contributed by atoms with Crippen LogP contribution in [-0.4, -0.2) is 26.2 Å². The number of methoxy groups -OCH3 is 1. The summed E-state index contributed by atoms with van der Waals surface area (Å²) >= 11 is 0. The lowest BCUT2D eigenvalue weighted by atomic mass is 10.1. The Morgan fingerprint density at radius 3 is 2.50 bits per heavy atom. The van der Waals surface area contributed by atoms with Crippen molar-refractivity contribution in [2.24, 2.45) is 5.73 Å². The van der Waals surface area contributed by atoms with E-state index in [1.54, 1.807) is 7.11 Å². The van der Waals surface area contributed by atoms with Gasteiger partial charge in [-0.05, 0) is 37.9 Å². The largest absolute Gasteiger partial charge is 0.495 e. The van der Waals surface area contributed by atoms with Crippen molar-refractivity contribution in [2.45, 2.75) is 51.0 Å². The molecule has 20 heavy (non-hydrogen) atoms. The predicted octanol–water partition coefficient (Wildman–Crippen LogP) is 3.57. The van der Waals surface area contributed by atoms with Crippen LogP contribution in [0.15, 0.2) is 24.3 Å². The summed E-state index contributed by atoms with van der Waals surface area (Å²) in [5.41, 5.74) is 6.96. The van der Waals surface area contributed by atoms with Crippen LogP contribution in [0.5, 0.6) is 5.75 Å². The minimum atomic E-state index is 0.639. The van der Waals surface area contributed by atoms with E-state index in [-0.39, 0.29) is 0 Å². The van der Waals surface area contributed by atoms with Gasteiger partial charge in [0.05, 0.1) is 12.8 Å². The van der Waals surface area contributed by atoms with Gasteiger partial charge in [0.2, 0.25) is 0 Å². The Kier molecular flexibility index (Phi) is 6.19. The highest BCUT2D eigenvalue weighted by molar-refractivity contribution is 5.59. The topological polar surface area (TPSA) is 38.5 Å². The molecule has 1 aliphatic rings. The van der Waals surface area contributed by atoms with Gasteiger partial charge in [-0.3, -0.25) is 0 Å². The van der Waals surface area contributed by atoms with E-state index in [2.05, 4.69) is 23.1 Å². The Hall–Kier alpha value is -1.22. The first-order valence-electron chi connectivity index (χ1n) is 7.96. The van der Waals surface area contributed by atoms with Crippen molar-refractivity contribution in [1.82, 2.24) is 0 Å². The van der Waals surface area contributed by atoms with E-state index in [0.717, 1.165) is 25.3 Å². The summed E-state index contributed by atoms with van der Waals surface area (Å²) in [6.07, 6.45) is 9.08. The number of benzene rings is 1. The van der Waals surface area contributed by atoms with Gasteiger partial charge >= 0.3 is 0 Å². The maximum atomic E-state index is 5.73. The van der Waals surface area contributed by atoms with Gasteiger partial charge in [0.25, 0.3) is 0 Å². The molecule has 2 N–H and O–H groups in total. The first-order chi connectivity index (χ1) is 9.86. The van der Waals surface area contributed by atoms with Crippen molar-refractivity contribution in [3.05, 3.63) is 24.3 Å². The first-order valence-corrected chi connectivity index (χ1v) is 7.96. The molecule has 0 amide bonds. The monoisotopic (exact) mass is 276 g/mol. The Morgan fingerprint density at radius 2 is 1.85 bits per heavy atom. The maximum absolute atomic E-state index is 5.73. The van der Waals surface area contributed by atoms with Gasteiger partial charge in [0.1, 0.15) is 5.75 Å². The zero-order valence-corrected chi connectivity index (χ0v) is 12.7. The van der Waals surface area contributed by atoms with Crippen molar-refractivity contribution in [3.63, 3.8) is 0 Å². The lowest BCUT2D eigenvalue weighted by Crippen LogP contribution is -2.37. The smallest absolute Gasteiger partial charge is 0.142 e. The third kappa shape index (κ3) is 3.89. The molecule has 0 aromatic heterocycles. The molecule has 1 aromatic rings. The minimum absolute atomic E-state index is 0.639. The highest BCUT2D eigenvalue weighted by Crippen LogP contribution is 2.33. The van der Waals surface area contributed by atoms with Crippen LogP contribution in [0.4, 0.5) is 5.69 Å². The van der Waals surface area contributed by atoms with E-state index in [0.29, 0.717) is 6.04 Å². The zero-order valence-electron chi connectivity index (χ0n) is 12.7. The molecule has 0 aliphatic heterocycles. The second-order valence-corrected chi connectivity index (χ2v) is 5.65. The van der Waals surface area contributed by atoms with Crippen LogP contribution in [0.25, 0.3) is 0 Å². The molecule has 1 saturated carbocycles. The van der Waals surface area contributed by atoms with Gasteiger partial charge in [0.15, 0.2) is 0 Å². The molecule has 0 spiro atoms. The molecule has 1 fully saturated rings. The maximum Gasteiger partial charge on any atom is 0.142 e. The second-order valence-electron chi connectivity index (χ2n) is 5.65. The van der Waals surface area contributed by atoms with E-state index >= 15 is 0 Å². The fourth-order valence-corrected chi connectivity index (χ4v) is 3.20. The molecular formula is C17H28N2O. The molecule has 3 heteroatoms. The SMILES string of the molecule is COc1ccccc1N(CCCN)C1CCCCCC1. The average molecular weight is 276 g/mol. The number of hydrogen-bond acceptors (Lipinski definition) is 3. The standard InChI is InChI=1S/C17H28N2O/c1-20-17-12-7-6-11-16(17)19(14-8-13-18)15-9-4-2-3-5-10-15/h6-7,11-12,15H,2-5,8-10,13-14,18H2,1H3. The fourth-order valence-electron chi connectivity index (χ4n) is 3.20. The predicted molar refractivity (Wildman–Crippen MR) is 85.5 cm³/mol. The van der Waals surface area contributed by atoms with Crippen LogP contribution >= 0.6 is 0 Å². The number of nitrogens with zero attached hydrogens (tertiary/aromatic N) is 1. The third-order valence-corrected chi connectivity index (χ3v) is 4.26. The van der Waals surface area contributed by atoms with E-state index < -0.39 is 0 Å². The van der Waals surface area contributed by atoms with E-state index in [9.17, 15) is 0 Å². The molecule has 0 saturated heterocycles. The van der Waals surface area contributed by atoms with E-state index in [4.69, 9.17) is 10.5 Å². The molecule has 0 heterocycles. The summed E-state index contributed by atoms with van der Waals surface area (Å²) in [4.78, 5) is 2.54. The van der Waals surface area contributed by atoms with Gasteiger partial charge in [-0.2, -0.15) is 0 Å². The third-order valence-electron chi connectivity index (χ3n) is 4.26. The molecule has 0 radical (unpaired) electrons. The van der Waals surface area contributed by atoms with Crippen molar-refractivity contribution in [1.29, 1.82) is 0 Å². The Morgan fingerprint density at radius 1 is 1.15 bits per heavy atom. The Labute approximate surface area is 123 Å². The number of nitrogens with two attached hydrogens (primary N) is 1. The van der Waals surface area contributed by atoms with Crippen LogP contribution in [0.1, 0.15) is 44.9 Å². The number of hydrogen-bond donors (Lipinski definition) is 1. The number of rotatable bonds is 6. The molecule has 0 atom stereocenters. The zero-order chi connectivity index (χ0) is 14.2. The van der Waals surface area contributed by atoms with Crippen LogP contribution in [0.2, 0.25) is 0 Å². The molecule has 0 unspecified atom stereocenters. The minimum Gasteiger partial charge on any atom is -0.495 e. The summed E-state index contributed by atoms with van der Waals surface area (Å²) < 4.78 is 5.56. The van der Waals surface area contributed by atoms with Crippen LogP contribution in [0, 0.1) is 0 Å². The molecular weight excluding hydrogens is 248 g/mol. The molecule has 1 aromatic carbocycles. The first kappa shape index (κ1) is 15.2. The Bertz CT molecular complexity index is 386. The van der Waals surface area contributed by atoms with Gasteiger partial charge < -0.3 is 15.4 Å². The summed E-state index contributed by atoms with van der Waals surface area (Å²) in [5, 5.41) is 0. The lowest BCUT2D eigenvalue weighted by molar-refractivity contribution is 0.410. The van der Waals surface area contributed by atoms with Crippen molar-refractivity contribution in [2.75, 3.05) is 25.1 Å². The molecule has 112 valence electrons. The van der Waals surface area contributed by atoms with E-state index in [1.807, 2.05) is 6.07 Å². The summed E-state index contributed by atoms with van der Waals surface area (Å²) in [5.74, 6) is 0.980. The molecule has 0 bridgehead atoms. The molecule has 2 rings (SSSR count).